The fourth-order valence-electron chi connectivity index (χ4n) is 2.80. The maximum absolute atomic E-state index is 4.12. The first-order valence-corrected chi connectivity index (χ1v) is 6.81. The van der Waals surface area contributed by atoms with Gasteiger partial charge in [0, 0.05) is 34.2 Å². The number of nitrogens with one attached hydrogen (secondary N) is 1. The number of hydrogen-bond acceptors (Lipinski definition) is 1. The summed E-state index contributed by atoms with van der Waals surface area (Å²) in [6.07, 6.45) is 5.68. The van der Waals surface area contributed by atoms with Crippen LogP contribution in [-0.4, -0.2) is 14.5 Å². The second-order valence-electron chi connectivity index (χ2n) is 5.16. The lowest BCUT2D eigenvalue weighted by Gasteiger charge is -2.13. The van der Waals surface area contributed by atoms with Crippen molar-refractivity contribution in [2.75, 3.05) is 0 Å². The molecular formula is C17H15N3. The van der Waals surface area contributed by atoms with Crippen LogP contribution in [0.2, 0.25) is 0 Å². The van der Waals surface area contributed by atoms with Gasteiger partial charge in [-0.3, -0.25) is 0 Å². The van der Waals surface area contributed by atoms with Gasteiger partial charge in [-0.2, -0.15) is 0 Å². The summed E-state index contributed by atoms with van der Waals surface area (Å²) in [6.45, 7) is 2.19. The number of aromatic amines is 1. The Morgan fingerprint density at radius 3 is 2.75 bits per heavy atom. The minimum Gasteiger partial charge on any atom is -0.355 e. The normalized spacial score (nSPS) is 13.1. The van der Waals surface area contributed by atoms with E-state index in [1.165, 1.54) is 27.4 Å². The van der Waals surface area contributed by atoms with Crippen molar-refractivity contribution in [2.24, 2.45) is 0 Å². The van der Waals surface area contributed by atoms with Gasteiger partial charge in [0.25, 0.3) is 0 Å². The lowest BCUT2D eigenvalue weighted by molar-refractivity contribution is 0.639. The van der Waals surface area contributed by atoms with E-state index in [1.807, 2.05) is 18.7 Å². The Hall–Kier alpha value is -2.55. The molecule has 3 nitrogen and oxygen atoms in total. The molecule has 98 valence electrons. The Labute approximate surface area is 116 Å². The average Bonchev–Trinajstić information content (AvgIpc) is 3.13. The molecule has 4 rings (SSSR count). The molecule has 0 aliphatic rings. The quantitative estimate of drug-likeness (QED) is 0.578. The zero-order valence-electron chi connectivity index (χ0n) is 11.2. The summed E-state index contributed by atoms with van der Waals surface area (Å²) in [5, 5.41) is 2.56. The third-order valence-electron chi connectivity index (χ3n) is 3.98. The predicted octanol–water partition coefficient (Wildman–Crippen LogP) is 4.13. The molecular weight excluding hydrogens is 246 g/mol. The number of benzene rings is 2. The van der Waals surface area contributed by atoms with Gasteiger partial charge in [-0.25, -0.2) is 4.98 Å². The summed E-state index contributed by atoms with van der Waals surface area (Å²) in [6, 6.07) is 15.4. The Morgan fingerprint density at radius 2 is 1.90 bits per heavy atom. The Kier molecular flexibility index (Phi) is 2.39. The molecule has 0 spiro atoms. The zero-order valence-corrected chi connectivity index (χ0v) is 11.2. The van der Waals surface area contributed by atoms with E-state index in [0.29, 0.717) is 0 Å². The van der Waals surface area contributed by atoms with Crippen LogP contribution in [0.25, 0.3) is 21.8 Å². The van der Waals surface area contributed by atoms with Gasteiger partial charge in [0.15, 0.2) is 0 Å². The largest absolute Gasteiger partial charge is 0.355 e. The molecule has 3 heteroatoms. The van der Waals surface area contributed by atoms with Crippen LogP contribution in [0.5, 0.6) is 0 Å². The first kappa shape index (κ1) is 11.3. The van der Waals surface area contributed by atoms with Gasteiger partial charge in [0.1, 0.15) is 0 Å². The van der Waals surface area contributed by atoms with Gasteiger partial charge in [-0.15, -0.1) is 0 Å². The highest BCUT2D eigenvalue weighted by molar-refractivity contribution is 6.07. The number of fused-ring (bicyclic) bond motifs is 3. The minimum absolute atomic E-state index is 0.285. The lowest BCUT2D eigenvalue weighted by atomic mass is 10.1. The zero-order chi connectivity index (χ0) is 13.5. The Morgan fingerprint density at radius 1 is 1.05 bits per heavy atom. The van der Waals surface area contributed by atoms with E-state index >= 15 is 0 Å². The summed E-state index contributed by atoms with van der Waals surface area (Å²) in [5.74, 6) is 0. The van der Waals surface area contributed by atoms with Crippen LogP contribution in [0.15, 0.2) is 61.2 Å². The fraction of sp³-hybridized carbons (Fsp3) is 0.118. The molecule has 2 aromatic carbocycles. The van der Waals surface area contributed by atoms with E-state index in [9.17, 15) is 0 Å². The topological polar surface area (TPSA) is 33.6 Å². The summed E-state index contributed by atoms with van der Waals surface area (Å²) >= 11 is 0. The van der Waals surface area contributed by atoms with Crippen LogP contribution in [-0.2, 0) is 0 Å². The predicted molar refractivity (Wildman–Crippen MR) is 81.8 cm³/mol. The number of aromatic nitrogens is 3. The molecule has 1 N–H and O–H groups in total. The number of imidazole rings is 1. The van der Waals surface area contributed by atoms with Crippen molar-refractivity contribution >= 4 is 21.8 Å². The van der Waals surface area contributed by atoms with Crippen molar-refractivity contribution in [1.29, 1.82) is 0 Å². The molecule has 2 heterocycles. The molecule has 0 fully saturated rings. The summed E-state index contributed by atoms with van der Waals surface area (Å²) in [4.78, 5) is 7.61. The third kappa shape index (κ3) is 1.63. The summed E-state index contributed by atoms with van der Waals surface area (Å²) < 4.78 is 2.11. The van der Waals surface area contributed by atoms with Crippen LogP contribution in [0.3, 0.4) is 0 Å². The molecule has 0 radical (unpaired) electrons. The van der Waals surface area contributed by atoms with Crippen molar-refractivity contribution in [2.45, 2.75) is 13.0 Å². The van der Waals surface area contributed by atoms with Gasteiger partial charge < -0.3 is 9.55 Å². The van der Waals surface area contributed by atoms with E-state index in [1.54, 1.807) is 0 Å². The number of nitrogens with zero attached hydrogens (tertiary/aromatic N) is 2. The fourth-order valence-corrected chi connectivity index (χ4v) is 2.80. The highest BCUT2D eigenvalue weighted by Gasteiger charge is 2.09. The monoisotopic (exact) mass is 261 g/mol. The third-order valence-corrected chi connectivity index (χ3v) is 3.98. The molecule has 0 aliphatic carbocycles. The molecule has 0 bridgehead atoms. The Bertz CT molecular complexity index is 872. The highest BCUT2D eigenvalue weighted by Crippen LogP contribution is 2.28. The number of hydrogen-bond donors (Lipinski definition) is 1. The molecule has 20 heavy (non-hydrogen) atoms. The lowest BCUT2D eigenvalue weighted by Crippen LogP contribution is -2.03. The maximum atomic E-state index is 4.12. The molecule has 1 atom stereocenters. The van der Waals surface area contributed by atoms with Crippen molar-refractivity contribution in [3.05, 3.63) is 66.7 Å². The van der Waals surface area contributed by atoms with Crippen LogP contribution < -0.4 is 0 Å². The van der Waals surface area contributed by atoms with Crippen LogP contribution in [0.4, 0.5) is 0 Å². The van der Waals surface area contributed by atoms with Crippen molar-refractivity contribution in [3.63, 3.8) is 0 Å². The van der Waals surface area contributed by atoms with Crippen molar-refractivity contribution < 1.29 is 0 Å². The Balaban J connectivity index is 1.88. The van der Waals surface area contributed by atoms with Crippen molar-refractivity contribution in [1.82, 2.24) is 14.5 Å². The first-order chi connectivity index (χ1) is 9.83. The van der Waals surface area contributed by atoms with Gasteiger partial charge >= 0.3 is 0 Å². The molecule has 0 aliphatic heterocycles. The van der Waals surface area contributed by atoms with E-state index in [4.69, 9.17) is 0 Å². The SMILES string of the molecule is C[C@@H](c1ccc2c(c1)[nH]c1ccccc12)n1ccnc1. The molecule has 2 aromatic heterocycles. The number of para-hydroxylation sites is 1. The second-order valence-corrected chi connectivity index (χ2v) is 5.16. The summed E-state index contributed by atoms with van der Waals surface area (Å²) in [5.41, 5.74) is 3.66. The smallest absolute Gasteiger partial charge is 0.0951 e. The van der Waals surface area contributed by atoms with Gasteiger partial charge in [-0.1, -0.05) is 30.3 Å². The van der Waals surface area contributed by atoms with Gasteiger partial charge in [0.2, 0.25) is 0 Å². The summed E-state index contributed by atoms with van der Waals surface area (Å²) in [7, 11) is 0. The molecule has 0 saturated carbocycles. The van der Waals surface area contributed by atoms with E-state index in [-0.39, 0.29) is 6.04 Å². The molecule has 0 saturated heterocycles. The van der Waals surface area contributed by atoms with E-state index in [2.05, 4.69) is 63.9 Å². The average molecular weight is 261 g/mol. The van der Waals surface area contributed by atoms with Crippen LogP contribution in [0.1, 0.15) is 18.5 Å². The maximum Gasteiger partial charge on any atom is 0.0951 e. The standard InChI is InChI=1S/C17H15N3/c1-12(20-9-8-18-11-20)13-6-7-15-14-4-2-3-5-16(14)19-17(15)10-13/h2-12,19H,1H3/t12-/m0/s1. The van der Waals surface area contributed by atoms with Gasteiger partial charge in [0.05, 0.1) is 12.4 Å². The van der Waals surface area contributed by atoms with E-state index in [0.717, 1.165) is 0 Å². The first-order valence-electron chi connectivity index (χ1n) is 6.81. The van der Waals surface area contributed by atoms with Gasteiger partial charge in [-0.05, 0) is 24.6 Å². The van der Waals surface area contributed by atoms with E-state index < -0.39 is 0 Å². The molecule has 4 aromatic rings. The number of H-pyrrole nitrogens is 1. The van der Waals surface area contributed by atoms with Crippen LogP contribution >= 0.6 is 0 Å². The van der Waals surface area contributed by atoms with Crippen LogP contribution in [0, 0.1) is 0 Å². The second kappa shape index (κ2) is 4.23. The van der Waals surface area contributed by atoms with Crippen molar-refractivity contribution in [3.8, 4) is 0 Å². The highest BCUT2D eigenvalue weighted by atomic mass is 15.0. The minimum atomic E-state index is 0.285. The number of rotatable bonds is 2. The molecule has 0 amide bonds. The molecule has 0 unspecified atom stereocenters.